The quantitative estimate of drug-likeness (QED) is 0.554. The molecule has 3 aromatic rings. The number of aliphatic carboxylic acids is 1. The molecule has 0 aromatic carbocycles. The molecule has 3 aromatic heterocycles. The summed E-state index contributed by atoms with van der Waals surface area (Å²) in [6, 6.07) is 5.67. The van der Waals surface area contributed by atoms with Crippen molar-refractivity contribution in [1.82, 2.24) is 24.7 Å². The lowest BCUT2D eigenvalue weighted by molar-refractivity contribution is -0.192. The number of carbonyl (C=O) groups excluding carboxylic acids is 1. The summed E-state index contributed by atoms with van der Waals surface area (Å²) >= 11 is 0. The van der Waals surface area contributed by atoms with Gasteiger partial charge in [0, 0.05) is 29.4 Å². The topological polar surface area (TPSA) is 132 Å². The summed E-state index contributed by atoms with van der Waals surface area (Å²) in [6.07, 6.45) is 3.51. The zero-order chi connectivity index (χ0) is 25.6. The minimum atomic E-state index is -5.08. The van der Waals surface area contributed by atoms with Gasteiger partial charge >= 0.3 is 12.1 Å². The summed E-state index contributed by atoms with van der Waals surface area (Å²) in [5, 5.41) is 14.6. The Bertz CT molecular complexity index is 1200. The Morgan fingerprint density at radius 1 is 1.23 bits per heavy atom. The molecule has 1 unspecified atom stereocenters. The van der Waals surface area contributed by atoms with E-state index in [2.05, 4.69) is 25.4 Å². The van der Waals surface area contributed by atoms with Crippen LogP contribution in [0.15, 0.2) is 36.9 Å². The van der Waals surface area contributed by atoms with Crippen LogP contribution in [0.3, 0.4) is 0 Å². The van der Waals surface area contributed by atoms with Crippen LogP contribution in [0.25, 0.3) is 17.1 Å². The van der Waals surface area contributed by atoms with E-state index in [0.717, 1.165) is 42.6 Å². The lowest BCUT2D eigenvalue weighted by Gasteiger charge is -2.15. The first-order valence-corrected chi connectivity index (χ1v) is 10.6. The largest absolute Gasteiger partial charge is 0.490 e. The number of hydrogen-bond acceptors (Lipinski definition) is 7. The van der Waals surface area contributed by atoms with Gasteiger partial charge in [0.15, 0.2) is 5.82 Å². The molecular weight excluding hydrogens is 469 g/mol. The van der Waals surface area contributed by atoms with Gasteiger partial charge in [-0.1, -0.05) is 13.3 Å². The Morgan fingerprint density at radius 2 is 1.97 bits per heavy atom. The van der Waals surface area contributed by atoms with Gasteiger partial charge < -0.3 is 15.2 Å². The molecule has 1 atom stereocenters. The molecule has 0 aliphatic carbocycles. The van der Waals surface area contributed by atoms with Crippen molar-refractivity contribution in [3.05, 3.63) is 42.6 Å². The number of amides is 1. The zero-order valence-corrected chi connectivity index (χ0v) is 18.9. The maximum absolute atomic E-state index is 12.7. The number of anilines is 1. The van der Waals surface area contributed by atoms with Crippen molar-refractivity contribution in [2.45, 2.75) is 38.8 Å². The molecule has 0 saturated heterocycles. The van der Waals surface area contributed by atoms with Crippen LogP contribution in [0.2, 0.25) is 0 Å². The van der Waals surface area contributed by atoms with E-state index in [4.69, 9.17) is 14.6 Å². The summed E-state index contributed by atoms with van der Waals surface area (Å²) in [4.78, 5) is 34.4. The number of ether oxygens (including phenoxy) is 1. The second kappa shape index (κ2) is 10.9. The number of hydrogen-bond donors (Lipinski definition) is 2. The molecule has 4 rings (SSSR count). The van der Waals surface area contributed by atoms with Crippen molar-refractivity contribution in [2.24, 2.45) is 5.92 Å². The first kappa shape index (κ1) is 25.6. The summed E-state index contributed by atoms with van der Waals surface area (Å²) in [7, 11) is 1.55. The van der Waals surface area contributed by atoms with Gasteiger partial charge in [0.2, 0.25) is 11.8 Å². The Balaban J connectivity index is 0.000000429. The Morgan fingerprint density at radius 3 is 2.66 bits per heavy atom. The number of fused-ring (bicyclic) bond motifs is 4. The second-order valence-corrected chi connectivity index (χ2v) is 7.71. The number of rotatable bonds is 2. The van der Waals surface area contributed by atoms with E-state index in [1.807, 2.05) is 19.1 Å². The van der Waals surface area contributed by atoms with Crippen molar-refractivity contribution in [3.63, 3.8) is 0 Å². The number of nitrogens with zero attached hydrogens (tertiary/aromatic N) is 5. The number of nitrogens with one attached hydrogen (secondary N) is 1. The highest BCUT2D eigenvalue weighted by Crippen LogP contribution is 2.32. The average molecular weight is 492 g/mol. The summed E-state index contributed by atoms with van der Waals surface area (Å²) < 4.78 is 38.6. The molecule has 4 heterocycles. The lowest BCUT2D eigenvalue weighted by atomic mass is 10.00. The van der Waals surface area contributed by atoms with E-state index in [-0.39, 0.29) is 11.8 Å². The van der Waals surface area contributed by atoms with Crippen molar-refractivity contribution in [2.75, 3.05) is 12.4 Å². The average Bonchev–Trinajstić information content (AvgIpc) is 3.24. The molecule has 1 aliphatic heterocycles. The first-order valence-electron chi connectivity index (χ1n) is 10.6. The molecule has 13 heteroatoms. The molecule has 35 heavy (non-hydrogen) atoms. The predicted molar refractivity (Wildman–Crippen MR) is 118 cm³/mol. The highest BCUT2D eigenvalue weighted by Gasteiger charge is 2.38. The molecule has 2 bridgehead atoms. The highest BCUT2D eigenvalue weighted by atomic mass is 19.4. The molecule has 1 amide bonds. The molecular formula is C22H23F3N6O4. The van der Waals surface area contributed by atoms with Crippen molar-refractivity contribution in [3.8, 4) is 23.0 Å². The number of carbonyl (C=O) groups is 2. The number of alkyl halides is 3. The van der Waals surface area contributed by atoms with E-state index in [1.54, 1.807) is 30.3 Å². The third kappa shape index (κ3) is 6.52. The Labute approximate surface area is 198 Å². The number of aromatic nitrogens is 5. The molecule has 1 aliphatic rings. The monoisotopic (exact) mass is 492 g/mol. The first-order chi connectivity index (χ1) is 16.6. The van der Waals surface area contributed by atoms with E-state index >= 15 is 0 Å². The standard InChI is InChI=1S/C20H22N6O2.C2HF3O2/c1-13-5-3-4-6-15-9-14(7-8-21-15)19-16(25-20(13)27)11-24-26(19)17-10-18(28-2)23-12-22-17;3-2(4,5)1(6)7/h7-13H,3-6H2,1-2H3,(H,25,27);(H,6,7). The lowest BCUT2D eigenvalue weighted by Crippen LogP contribution is -2.21. The number of pyridine rings is 1. The van der Waals surface area contributed by atoms with Gasteiger partial charge in [-0.25, -0.2) is 19.4 Å². The van der Waals surface area contributed by atoms with Gasteiger partial charge in [-0.05, 0) is 31.4 Å². The van der Waals surface area contributed by atoms with E-state index in [0.29, 0.717) is 17.4 Å². The van der Waals surface area contributed by atoms with Gasteiger partial charge in [0.25, 0.3) is 0 Å². The van der Waals surface area contributed by atoms with E-state index < -0.39 is 12.1 Å². The number of aryl methyl sites for hydroxylation is 1. The SMILES string of the molecule is COc1cc(-n2ncc3c2-c2ccnc(c2)CCCCC(C)C(=O)N3)ncn1.O=C(O)C(F)(F)F. The fourth-order valence-corrected chi connectivity index (χ4v) is 3.35. The second-order valence-electron chi connectivity index (χ2n) is 7.71. The number of halogens is 3. The molecule has 0 fully saturated rings. The van der Waals surface area contributed by atoms with E-state index in [1.165, 1.54) is 6.33 Å². The Hall–Kier alpha value is -4.03. The van der Waals surface area contributed by atoms with Gasteiger partial charge in [0.1, 0.15) is 6.33 Å². The van der Waals surface area contributed by atoms with Gasteiger partial charge in [-0.2, -0.15) is 18.3 Å². The number of methoxy groups -OCH3 is 1. The minimum absolute atomic E-state index is 0.00378. The summed E-state index contributed by atoms with van der Waals surface area (Å²) in [6.45, 7) is 1.96. The third-order valence-corrected chi connectivity index (χ3v) is 5.18. The van der Waals surface area contributed by atoms with Gasteiger partial charge in [-0.3, -0.25) is 9.78 Å². The maximum Gasteiger partial charge on any atom is 0.490 e. The third-order valence-electron chi connectivity index (χ3n) is 5.18. The number of carboxylic acid groups (broad SMARTS) is 1. The smallest absolute Gasteiger partial charge is 0.481 e. The fourth-order valence-electron chi connectivity index (χ4n) is 3.35. The van der Waals surface area contributed by atoms with Crippen molar-refractivity contribution >= 4 is 17.6 Å². The minimum Gasteiger partial charge on any atom is -0.481 e. The molecule has 10 nitrogen and oxygen atoms in total. The van der Waals surface area contributed by atoms with Crippen LogP contribution in [-0.4, -0.2) is 55.0 Å². The number of carboxylic acids is 1. The highest BCUT2D eigenvalue weighted by molar-refractivity contribution is 5.96. The summed E-state index contributed by atoms with van der Waals surface area (Å²) in [5.74, 6) is -1.83. The van der Waals surface area contributed by atoms with E-state index in [9.17, 15) is 18.0 Å². The van der Waals surface area contributed by atoms with Gasteiger partial charge in [-0.15, -0.1) is 0 Å². The van der Waals surface area contributed by atoms with Crippen LogP contribution in [0.5, 0.6) is 5.88 Å². The van der Waals surface area contributed by atoms with Crippen LogP contribution in [0.4, 0.5) is 18.9 Å². The van der Waals surface area contributed by atoms with Crippen LogP contribution in [0.1, 0.15) is 31.9 Å². The fraction of sp³-hybridized carbons (Fsp3) is 0.364. The predicted octanol–water partition coefficient (Wildman–Crippen LogP) is 3.67. The molecule has 2 N–H and O–H groups in total. The van der Waals surface area contributed by atoms with Crippen LogP contribution >= 0.6 is 0 Å². The molecule has 186 valence electrons. The normalized spacial score (nSPS) is 15.9. The molecule has 0 saturated carbocycles. The Kier molecular flexibility index (Phi) is 7.99. The maximum atomic E-state index is 12.7. The van der Waals surface area contributed by atoms with Crippen LogP contribution < -0.4 is 10.1 Å². The zero-order valence-electron chi connectivity index (χ0n) is 18.9. The molecule has 0 radical (unpaired) electrons. The van der Waals surface area contributed by atoms with Crippen molar-refractivity contribution < 1.29 is 32.6 Å². The van der Waals surface area contributed by atoms with Crippen molar-refractivity contribution in [1.29, 1.82) is 0 Å². The summed E-state index contributed by atoms with van der Waals surface area (Å²) in [5.41, 5.74) is 3.34. The van der Waals surface area contributed by atoms with Crippen LogP contribution in [-0.2, 0) is 16.0 Å². The van der Waals surface area contributed by atoms with Crippen LogP contribution in [0, 0.1) is 5.92 Å². The molecule has 0 spiro atoms. The van der Waals surface area contributed by atoms with Gasteiger partial charge in [0.05, 0.1) is 24.7 Å².